The van der Waals surface area contributed by atoms with Crippen molar-refractivity contribution in [2.24, 2.45) is 0 Å². The van der Waals surface area contributed by atoms with Crippen LogP contribution in [0.2, 0.25) is 0 Å². The molecule has 84 valence electrons. The molecule has 2 nitrogen and oxygen atoms in total. The molecule has 0 aromatic heterocycles. The zero-order chi connectivity index (χ0) is 11.5. The van der Waals surface area contributed by atoms with Gasteiger partial charge in [-0.1, -0.05) is 35.0 Å². The quantitative estimate of drug-likeness (QED) is 0.885. The van der Waals surface area contributed by atoms with Gasteiger partial charge in [0.15, 0.2) is 0 Å². The summed E-state index contributed by atoms with van der Waals surface area (Å²) in [7, 11) is 0. The van der Waals surface area contributed by atoms with Gasteiger partial charge in [-0.2, -0.15) is 0 Å². The predicted octanol–water partition coefficient (Wildman–Crippen LogP) is 2.51. The van der Waals surface area contributed by atoms with Gasteiger partial charge in [0.05, 0.1) is 11.7 Å². The van der Waals surface area contributed by atoms with Crippen LogP contribution in [0.3, 0.4) is 0 Å². The van der Waals surface area contributed by atoms with Crippen molar-refractivity contribution in [1.29, 1.82) is 0 Å². The van der Waals surface area contributed by atoms with Crippen molar-refractivity contribution >= 4 is 15.9 Å². The SMILES string of the molecule is CCC(C)(O)C(O)Cc1ccc(Br)cc1. The maximum atomic E-state index is 9.85. The number of rotatable bonds is 4. The zero-order valence-corrected chi connectivity index (χ0v) is 10.7. The number of benzene rings is 1. The van der Waals surface area contributed by atoms with E-state index in [1.54, 1.807) is 6.92 Å². The second-order valence-electron chi connectivity index (χ2n) is 4.06. The summed E-state index contributed by atoms with van der Waals surface area (Å²) in [5.41, 5.74) is 0.0204. The summed E-state index contributed by atoms with van der Waals surface area (Å²) >= 11 is 3.35. The summed E-state index contributed by atoms with van der Waals surface area (Å²) in [5.74, 6) is 0. The molecule has 1 aromatic carbocycles. The average Bonchev–Trinajstić information content (AvgIpc) is 2.21. The van der Waals surface area contributed by atoms with E-state index in [0.29, 0.717) is 12.8 Å². The van der Waals surface area contributed by atoms with Gasteiger partial charge in [0, 0.05) is 10.9 Å². The molecule has 2 atom stereocenters. The fourth-order valence-corrected chi connectivity index (χ4v) is 1.56. The van der Waals surface area contributed by atoms with Crippen molar-refractivity contribution in [3.63, 3.8) is 0 Å². The van der Waals surface area contributed by atoms with Crippen molar-refractivity contribution in [3.8, 4) is 0 Å². The number of hydrogen-bond donors (Lipinski definition) is 2. The lowest BCUT2D eigenvalue weighted by Gasteiger charge is -2.27. The summed E-state index contributed by atoms with van der Waals surface area (Å²) in [6, 6.07) is 7.75. The van der Waals surface area contributed by atoms with E-state index in [4.69, 9.17) is 0 Å². The van der Waals surface area contributed by atoms with Crippen molar-refractivity contribution in [2.75, 3.05) is 0 Å². The molecule has 0 aliphatic heterocycles. The number of halogens is 1. The van der Waals surface area contributed by atoms with Gasteiger partial charge in [0.2, 0.25) is 0 Å². The molecule has 0 spiro atoms. The van der Waals surface area contributed by atoms with Crippen LogP contribution in [0.25, 0.3) is 0 Å². The second kappa shape index (κ2) is 5.10. The van der Waals surface area contributed by atoms with Crippen LogP contribution in [0.4, 0.5) is 0 Å². The fourth-order valence-electron chi connectivity index (χ4n) is 1.30. The van der Waals surface area contributed by atoms with Gasteiger partial charge < -0.3 is 10.2 Å². The minimum atomic E-state index is -1.01. The van der Waals surface area contributed by atoms with E-state index in [2.05, 4.69) is 15.9 Å². The second-order valence-corrected chi connectivity index (χ2v) is 4.97. The van der Waals surface area contributed by atoms with E-state index in [9.17, 15) is 10.2 Å². The topological polar surface area (TPSA) is 40.5 Å². The van der Waals surface area contributed by atoms with E-state index in [1.165, 1.54) is 0 Å². The molecule has 2 N–H and O–H groups in total. The first-order valence-corrected chi connectivity index (χ1v) is 5.90. The maximum Gasteiger partial charge on any atom is 0.0878 e. The first kappa shape index (κ1) is 12.7. The third kappa shape index (κ3) is 3.59. The third-order valence-corrected chi connectivity index (χ3v) is 3.30. The van der Waals surface area contributed by atoms with Gasteiger partial charge in [0.1, 0.15) is 0 Å². The maximum absolute atomic E-state index is 9.85. The Morgan fingerprint density at radius 1 is 1.33 bits per heavy atom. The first-order chi connectivity index (χ1) is 6.95. The molecule has 0 saturated carbocycles. The highest BCUT2D eigenvalue weighted by molar-refractivity contribution is 9.10. The van der Waals surface area contributed by atoms with E-state index < -0.39 is 11.7 Å². The van der Waals surface area contributed by atoms with E-state index in [0.717, 1.165) is 10.0 Å². The van der Waals surface area contributed by atoms with Gasteiger partial charge in [-0.3, -0.25) is 0 Å². The largest absolute Gasteiger partial charge is 0.390 e. The lowest BCUT2D eigenvalue weighted by atomic mass is 9.91. The number of aliphatic hydroxyl groups excluding tert-OH is 1. The molecular weight excluding hydrogens is 256 g/mol. The minimum Gasteiger partial charge on any atom is -0.390 e. The Hall–Kier alpha value is -0.380. The molecule has 0 aliphatic carbocycles. The molecule has 0 radical (unpaired) electrons. The highest BCUT2D eigenvalue weighted by Gasteiger charge is 2.27. The molecule has 0 aliphatic rings. The minimum absolute atomic E-state index is 0.480. The lowest BCUT2D eigenvalue weighted by molar-refractivity contribution is -0.0629. The number of hydrogen-bond acceptors (Lipinski definition) is 2. The molecule has 15 heavy (non-hydrogen) atoms. The molecule has 0 amide bonds. The van der Waals surface area contributed by atoms with Crippen LogP contribution in [-0.4, -0.2) is 21.9 Å². The Kier molecular flexibility index (Phi) is 4.32. The predicted molar refractivity (Wildman–Crippen MR) is 64.8 cm³/mol. The van der Waals surface area contributed by atoms with Gasteiger partial charge in [-0.05, 0) is 31.0 Å². The molecule has 1 aromatic rings. The fraction of sp³-hybridized carbons (Fsp3) is 0.500. The van der Waals surface area contributed by atoms with Crippen LogP contribution in [0.1, 0.15) is 25.8 Å². The summed E-state index contributed by atoms with van der Waals surface area (Å²) in [5, 5.41) is 19.7. The molecule has 0 saturated heterocycles. The summed E-state index contributed by atoms with van der Waals surface area (Å²) in [4.78, 5) is 0. The van der Waals surface area contributed by atoms with Crippen LogP contribution in [-0.2, 0) is 6.42 Å². The molecular formula is C12H17BrO2. The van der Waals surface area contributed by atoms with E-state index >= 15 is 0 Å². The van der Waals surface area contributed by atoms with E-state index in [-0.39, 0.29) is 0 Å². The summed E-state index contributed by atoms with van der Waals surface area (Å²) < 4.78 is 1.02. The van der Waals surface area contributed by atoms with Gasteiger partial charge in [-0.15, -0.1) is 0 Å². The highest BCUT2D eigenvalue weighted by Crippen LogP contribution is 2.19. The van der Waals surface area contributed by atoms with Crippen molar-refractivity contribution in [2.45, 2.75) is 38.4 Å². The Morgan fingerprint density at radius 2 is 1.87 bits per heavy atom. The molecule has 2 unspecified atom stereocenters. The zero-order valence-electron chi connectivity index (χ0n) is 9.07. The van der Waals surface area contributed by atoms with Crippen LogP contribution in [0.15, 0.2) is 28.7 Å². The highest BCUT2D eigenvalue weighted by atomic mass is 79.9. The van der Waals surface area contributed by atoms with Gasteiger partial charge in [-0.25, -0.2) is 0 Å². The number of aliphatic hydroxyl groups is 2. The normalized spacial score (nSPS) is 17.1. The van der Waals surface area contributed by atoms with Crippen molar-refractivity contribution in [1.82, 2.24) is 0 Å². The van der Waals surface area contributed by atoms with Gasteiger partial charge in [0.25, 0.3) is 0 Å². The summed E-state index contributed by atoms with van der Waals surface area (Å²) in [6.07, 6.45) is 0.308. The van der Waals surface area contributed by atoms with Crippen LogP contribution in [0.5, 0.6) is 0 Å². The smallest absolute Gasteiger partial charge is 0.0878 e. The summed E-state index contributed by atoms with van der Waals surface area (Å²) in [6.45, 7) is 3.53. The third-order valence-electron chi connectivity index (χ3n) is 2.78. The molecule has 3 heteroatoms. The Bertz CT molecular complexity index is 306. The van der Waals surface area contributed by atoms with Crippen LogP contribution < -0.4 is 0 Å². The molecule has 0 fully saturated rings. The molecule has 0 bridgehead atoms. The Balaban J connectivity index is 2.66. The van der Waals surface area contributed by atoms with Crippen molar-refractivity contribution in [3.05, 3.63) is 34.3 Å². The Morgan fingerprint density at radius 3 is 2.33 bits per heavy atom. The first-order valence-electron chi connectivity index (χ1n) is 5.10. The van der Waals surface area contributed by atoms with Crippen molar-refractivity contribution < 1.29 is 10.2 Å². The van der Waals surface area contributed by atoms with Crippen LogP contribution in [0, 0.1) is 0 Å². The standard InChI is InChI=1S/C12H17BrO2/c1-3-12(2,15)11(14)8-9-4-6-10(13)7-5-9/h4-7,11,14-15H,3,8H2,1-2H3. The molecule has 1 rings (SSSR count). The molecule has 0 heterocycles. The van der Waals surface area contributed by atoms with E-state index in [1.807, 2.05) is 31.2 Å². The van der Waals surface area contributed by atoms with Crippen LogP contribution >= 0.6 is 15.9 Å². The Labute approximate surface area is 99.1 Å². The van der Waals surface area contributed by atoms with Gasteiger partial charge >= 0.3 is 0 Å². The average molecular weight is 273 g/mol. The lowest BCUT2D eigenvalue weighted by Crippen LogP contribution is -2.39. The monoisotopic (exact) mass is 272 g/mol.